The topological polar surface area (TPSA) is 66.8 Å². The molecule has 0 aliphatic rings. The molecule has 0 heterocycles. The summed E-state index contributed by atoms with van der Waals surface area (Å²) in [6, 6.07) is 8.88. The predicted octanol–water partition coefficient (Wildman–Crippen LogP) is 5.66. The minimum atomic E-state index is -0.999. The van der Waals surface area contributed by atoms with Crippen LogP contribution in [0.5, 0.6) is 0 Å². The lowest BCUT2D eigenvalue weighted by Crippen LogP contribution is -2.35. The van der Waals surface area contributed by atoms with Gasteiger partial charge in [0.25, 0.3) is 0 Å². The van der Waals surface area contributed by atoms with Gasteiger partial charge in [-0.15, -0.1) is 0 Å². The van der Waals surface area contributed by atoms with Crippen LogP contribution in [-0.2, 0) is 4.74 Å². The van der Waals surface area contributed by atoms with E-state index in [-0.39, 0.29) is 13.2 Å². The molecule has 0 aliphatic heterocycles. The van der Waals surface area contributed by atoms with Crippen molar-refractivity contribution in [2.45, 2.75) is 96.0 Å². The maximum absolute atomic E-state index is 12.2. The van der Waals surface area contributed by atoms with Gasteiger partial charge in [0.2, 0.25) is 0 Å². The van der Waals surface area contributed by atoms with Gasteiger partial charge in [0, 0.05) is 6.61 Å². The molecule has 0 aromatic heterocycles. The van der Waals surface area contributed by atoms with E-state index in [2.05, 4.69) is 6.92 Å². The summed E-state index contributed by atoms with van der Waals surface area (Å²) < 4.78 is 5.41. The molecular weight excluding hydrogens is 352 g/mol. The molecule has 1 rings (SSSR count). The normalized spacial score (nSPS) is 13.2. The molecule has 1 atom stereocenters. The predicted molar refractivity (Wildman–Crippen MR) is 114 cm³/mol. The van der Waals surface area contributed by atoms with Crippen LogP contribution in [0.15, 0.2) is 30.3 Å². The fourth-order valence-electron chi connectivity index (χ4n) is 3.46. The van der Waals surface area contributed by atoms with Gasteiger partial charge >= 0.3 is 5.97 Å². The molecule has 4 nitrogen and oxygen atoms in total. The van der Waals surface area contributed by atoms with Crippen LogP contribution in [-0.4, -0.2) is 35.0 Å². The Balaban J connectivity index is 2.33. The number of aliphatic hydroxyl groups excluding tert-OH is 1. The number of rotatable bonds is 17. The van der Waals surface area contributed by atoms with Crippen molar-refractivity contribution in [3.05, 3.63) is 35.9 Å². The summed E-state index contributed by atoms with van der Waals surface area (Å²) in [7, 11) is 0. The van der Waals surface area contributed by atoms with Crippen LogP contribution in [0.25, 0.3) is 0 Å². The van der Waals surface area contributed by atoms with Crippen molar-refractivity contribution in [2.75, 3.05) is 13.2 Å². The quantitative estimate of drug-likeness (QED) is 0.265. The second-order valence-electron chi connectivity index (χ2n) is 7.93. The number of hydrogen-bond donors (Lipinski definition) is 2. The molecule has 0 saturated carbocycles. The van der Waals surface area contributed by atoms with Crippen LogP contribution in [0, 0.1) is 0 Å². The number of aliphatic hydroxyl groups is 2. The molecule has 0 spiro atoms. The highest BCUT2D eigenvalue weighted by Crippen LogP contribution is 2.24. The zero-order chi connectivity index (χ0) is 20.5. The monoisotopic (exact) mass is 392 g/mol. The Morgan fingerprint density at radius 1 is 0.857 bits per heavy atom. The minimum absolute atomic E-state index is 0.0170. The molecule has 1 aromatic carbocycles. The third-order valence-electron chi connectivity index (χ3n) is 5.28. The molecule has 2 N–H and O–H groups in total. The van der Waals surface area contributed by atoms with Gasteiger partial charge in [-0.25, -0.2) is 4.79 Å². The summed E-state index contributed by atoms with van der Waals surface area (Å²) in [6.45, 7) is 2.37. The largest absolute Gasteiger partial charge is 0.459 e. The summed E-state index contributed by atoms with van der Waals surface area (Å²) in [4.78, 5) is 12.2. The molecule has 0 amide bonds. The van der Waals surface area contributed by atoms with Gasteiger partial charge in [-0.3, -0.25) is 0 Å². The summed E-state index contributed by atoms with van der Waals surface area (Å²) in [6.07, 6.45) is 13.7. The maximum Gasteiger partial charge on any atom is 0.338 e. The van der Waals surface area contributed by atoms with E-state index in [1.165, 1.54) is 44.9 Å². The van der Waals surface area contributed by atoms with Gasteiger partial charge in [0.1, 0.15) is 6.61 Å². The summed E-state index contributed by atoms with van der Waals surface area (Å²) >= 11 is 0. The lowest BCUT2D eigenvalue weighted by molar-refractivity contribution is -0.0455. The molecule has 160 valence electrons. The molecule has 4 heteroatoms. The Hall–Kier alpha value is -1.39. The zero-order valence-electron chi connectivity index (χ0n) is 17.7. The first-order valence-corrected chi connectivity index (χ1v) is 11.2. The third kappa shape index (κ3) is 11.5. The highest BCUT2D eigenvalue weighted by molar-refractivity contribution is 5.89. The smallest absolute Gasteiger partial charge is 0.338 e. The highest BCUT2D eigenvalue weighted by atomic mass is 16.5. The lowest BCUT2D eigenvalue weighted by atomic mass is 9.91. The molecule has 0 radical (unpaired) electrons. The molecule has 1 aromatic rings. The number of esters is 1. The van der Waals surface area contributed by atoms with E-state index < -0.39 is 11.6 Å². The summed E-state index contributed by atoms with van der Waals surface area (Å²) in [5.74, 6) is -0.395. The average Bonchev–Trinajstić information content (AvgIpc) is 2.72. The minimum Gasteiger partial charge on any atom is -0.459 e. The molecule has 28 heavy (non-hydrogen) atoms. The number of carbonyl (C=O) groups excluding carboxylic acids is 1. The van der Waals surface area contributed by atoms with E-state index >= 15 is 0 Å². The Morgan fingerprint density at radius 2 is 1.39 bits per heavy atom. The molecule has 1 unspecified atom stereocenters. The SMILES string of the molecule is CCCCCCCCCCCC(O)(CCCCO)COC(=O)c1ccccc1. The van der Waals surface area contributed by atoms with E-state index in [0.29, 0.717) is 24.8 Å². The second kappa shape index (κ2) is 15.5. The molecule has 0 saturated heterocycles. The first-order valence-electron chi connectivity index (χ1n) is 11.2. The zero-order valence-corrected chi connectivity index (χ0v) is 17.7. The second-order valence-corrected chi connectivity index (χ2v) is 7.93. The van der Waals surface area contributed by atoms with Crippen LogP contribution in [0.2, 0.25) is 0 Å². The van der Waals surface area contributed by atoms with Gasteiger partial charge in [-0.1, -0.05) is 82.9 Å². The first-order chi connectivity index (χ1) is 13.6. The van der Waals surface area contributed by atoms with Gasteiger partial charge in [-0.2, -0.15) is 0 Å². The first kappa shape index (κ1) is 24.6. The van der Waals surface area contributed by atoms with Gasteiger partial charge in [0.05, 0.1) is 11.2 Å². The summed E-state index contributed by atoms with van der Waals surface area (Å²) in [5, 5.41) is 20.0. The van der Waals surface area contributed by atoms with E-state index in [9.17, 15) is 9.90 Å². The van der Waals surface area contributed by atoms with Crippen molar-refractivity contribution in [2.24, 2.45) is 0 Å². The molecule has 0 fully saturated rings. The van der Waals surface area contributed by atoms with Crippen molar-refractivity contribution < 1.29 is 19.7 Å². The number of benzene rings is 1. The van der Waals surface area contributed by atoms with Crippen molar-refractivity contribution >= 4 is 5.97 Å². The van der Waals surface area contributed by atoms with E-state index in [0.717, 1.165) is 19.3 Å². The van der Waals surface area contributed by atoms with E-state index in [1.54, 1.807) is 24.3 Å². The Morgan fingerprint density at radius 3 is 1.96 bits per heavy atom. The van der Waals surface area contributed by atoms with Crippen molar-refractivity contribution in [1.82, 2.24) is 0 Å². The van der Waals surface area contributed by atoms with E-state index in [1.807, 2.05) is 6.07 Å². The number of hydrogen-bond acceptors (Lipinski definition) is 4. The third-order valence-corrected chi connectivity index (χ3v) is 5.28. The highest BCUT2D eigenvalue weighted by Gasteiger charge is 2.28. The van der Waals surface area contributed by atoms with E-state index in [4.69, 9.17) is 9.84 Å². The van der Waals surface area contributed by atoms with Gasteiger partial charge in [0.15, 0.2) is 0 Å². The Bertz CT molecular complexity index is 503. The average molecular weight is 393 g/mol. The van der Waals surface area contributed by atoms with Crippen LogP contribution < -0.4 is 0 Å². The Kier molecular flexibility index (Phi) is 13.7. The van der Waals surface area contributed by atoms with Crippen LogP contribution in [0.1, 0.15) is 101 Å². The molecule has 0 bridgehead atoms. The number of unbranched alkanes of at least 4 members (excludes halogenated alkanes) is 9. The summed E-state index contributed by atoms with van der Waals surface area (Å²) in [5.41, 5.74) is -0.496. The molecular formula is C24H40O4. The van der Waals surface area contributed by atoms with Crippen molar-refractivity contribution in [3.8, 4) is 0 Å². The standard InChI is InChI=1S/C24H40O4/c1-2-3-4-5-6-7-8-9-13-18-24(27,19-14-15-20-25)21-28-23(26)22-16-11-10-12-17-22/h10-12,16-17,25,27H,2-9,13-15,18-21H2,1H3. The van der Waals surface area contributed by atoms with Crippen molar-refractivity contribution in [3.63, 3.8) is 0 Å². The lowest BCUT2D eigenvalue weighted by Gasteiger charge is -2.28. The Labute approximate surface area is 171 Å². The maximum atomic E-state index is 12.2. The fourth-order valence-corrected chi connectivity index (χ4v) is 3.46. The molecule has 0 aliphatic carbocycles. The van der Waals surface area contributed by atoms with Crippen LogP contribution in [0.3, 0.4) is 0 Å². The van der Waals surface area contributed by atoms with Crippen LogP contribution >= 0.6 is 0 Å². The van der Waals surface area contributed by atoms with Gasteiger partial charge in [-0.05, 0) is 37.8 Å². The van der Waals surface area contributed by atoms with Crippen LogP contribution in [0.4, 0.5) is 0 Å². The van der Waals surface area contributed by atoms with Crippen molar-refractivity contribution in [1.29, 1.82) is 0 Å². The number of ether oxygens (including phenoxy) is 1. The van der Waals surface area contributed by atoms with Gasteiger partial charge < -0.3 is 14.9 Å². The number of carbonyl (C=O) groups is 1. The fraction of sp³-hybridized carbons (Fsp3) is 0.708.